The minimum Gasteiger partial charge on any atom is -0.383 e. The molecule has 108 valence electrons. The van der Waals surface area contributed by atoms with E-state index < -0.39 is 0 Å². The first-order valence-corrected chi connectivity index (χ1v) is 7.13. The molecule has 0 fully saturated rings. The van der Waals surface area contributed by atoms with Crippen LogP contribution in [0.15, 0.2) is 18.2 Å². The molecule has 2 N–H and O–H groups in total. The van der Waals surface area contributed by atoms with Crippen LogP contribution in [0.25, 0.3) is 0 Å². The Labute approximate surface area is 121 Å². The smallest absolute Gasteiger partial charge is 0.0642 e. The molecule has 1 unspecified atom stereocenters. The fraction of sp³-hybridized carbons (Fsp3) is 0.600. The van der Waals surface area contributed by atoms with Crippen molar-refractivity contribution < 1.29 is 4.74 Å². The molecule has 0 spiro atoms. The SMILES string of the molecule is COCCN(c1ccc(CC(C)N)cc1Cl)C(C)C. The molecule has 4 heteroatoms. The van der Waals surface area contributed by atoms with Crippen LogP contribution in [0.1, 0.15) is 26.3 Å². The van der Waals surface area contributed by atoms with E-state index >= 15 is 0 Å². The number of halogens is 1. The van der Waals surface area contributed by atoms with Crippen LogP contribution in [-0.4, -0.2) is 32.3 Å². The molecule has 19 heavy (non-hydrogen) atoms. The standard InChI is InChI=1S/C15H25ClN2O/c1-11(2)18(7-8-19-4)15-6-5-13(9-12(3)17)10-14(15)16/h5-6,10-12H,7-9,17H2,1-4H3. The number of hydrogen-bond acceptors (Lipinski definition) is 3. The van der Waals surface area contributed by atoms with Crippen molar-refractivity contribution in [3.63, 3.8) is 0 Å². The average Bonchev–Trinajstić information content (AvgIpc) is 2.30. The van der Waals surface area contributed by atoms with E-state index in [9.17, 15) is 0 Å². The lowest BCUT2D eigenvalue weighted by molar-refractivity contribution is 0.204. The van der Waals surface area contributed by atoms with Crippen molar-refractivity contribution >= 4 is 17.3 Å². The summed E-state index contributed by atoms with van der Waals surface area (Å²) >= 11 is 6.41. The molecule has 1 rings (SSSR count). The second kappa shape index (κ2) is 7.73. The van der Waals surface area contributed by atoms with Gasteiger partial charge in [-0.3, -0.25) is 0 Å². The van der Waals surface area contributed by atoms with E-state index in [1.807, 2.05) is 13.0 Å². The number of anilines is 1. The molecule has 0 aliphatic heterocycles. The number of hydrogen-bond donors (Lipinski definition) is 1. The minimum absolute atomic E-state index is 0.150. The normalized spacial score (nSPS) is 12.8. The van der Waals surface area contributed by atoms with Gasteiger partial charge >= 0.3 is 0 Å². The summed E-state index contributed by atoms with van der Waals surface area (Å²) in [4.78, 5) is 2.25. The van der Waals surface area contributed by atoms with Crippen LogP contribution < -0.4 is 10.6 Å². The summed E-state index contributed by atoms with van der Waals surface area (Å²) in [5.41, 5.74) is 8.05. The van der Waals surface area contributed by atoms with Gasteiger partial charge in [0, 0.05) is 25.7 Å². The summed E-state index contributed by atoms with van der Waals surface area (Å²) in [7, 11) is 1.71. The van der Waals surface area contributed by atoms with Gasteiger partial charge in [-0.2, -0.15) is 0 Å². The first-order chi connectivity index (χ1) is 8.95. The summed E-state index contributed by atoms with van der Waals surface area (Å²) in [6, 6.07) is 6.73. The maximum absolute atomic E-state index is 6.41. The van der Waals surface area contributed by atoms with Gasteiger partial charge in [-0.1, -0.05) is 17.7 Å². The average molecular weight is 285 g/mol. The Bertz CT molecular complexity index is 394. The van der Waals surface area contributed by atoms with E-state index in [2.05, 4.69) is 30.9 Å². The maximum atomic E-state index is 6.41. The van der Waals surface area contributed by atoms with E-state index in [4.69, 9.17) is 22.1 Å². The molecule has 1 aromatic rings. The molecular weight excluding hydrogens is 260 g/mol. The highest BCUT2D eigenvalue weighted by molar-refractivity contribution is 6.33. The first-order valence-electron chi connectivity index (χ1n) is 6.75. The highest BCUT2D eigenvalue weighted by atomic mass is 35.5. The van der Waals surface area contributed by atoms with E-state index in [0.29, 0.717) is 12.6 Å². The summed E-state index contributed by atoms with van der Waals surface area (Å²) in [6.45, 7) is 7.83. The summed E-state index contributed by atoms with van der Waals surface area (Å²) in [6.07, 6.45) is 0.847. The van der Waals surface area contributed by atoms with Crippen LogP contribution >= 0.6 is 11.6 Å². The Kier molecular flexibility index (Phi) is 6.63. The van der Waals surface area contributed by atoms with E-state index in [1.165, 1.54) is 5.56 Å². The molecule has 0 saturated heterocycles. The molecule has 1 atom stereocenters. The molecule has 0 heterocycles. The highest BCUT2D eigenvalue weighted by Gasteiger charge is 2.14. The zero-order chi connectivity index (χ0) is 14.4. The Balaban J connectivity index is 2.91. The molecule has 0 bridgehead atoms. The second-order valence-corrected chi connectivity index (χ2v) is 5.65. The van der Waals surface area contributed by atoms with Gasteiger partial charge in [0.15, 0.2) is 0 Å². The van der Waals surface area contributed by atoms with Crippen molar-refractivity contribution in [3.8, 4) is 0 Å². The Morgan fingerprint density at radius 2 is 2.00 bits per heavy atom. The number of ether oxygens (including phenoxy) is 1. The number of nitrogens with two attached hydrogens (primary N) is 1. The Morgan fingerprint density at radius 1 is 1.32 bits per heavy atom. The molecule has 3 nitrogen and oxygen atoms in total. The highest BCUT2D eigenvalue weighted by Crippen LogP contribution is 2.28. The van der Waals surface area contributed by atoms with Crippen molar-refractivity contribution in [1.29, 1.82) is 0 Å². The Hall–Kier alpha value is -0.770. The number of nitrogens with zero attached hydrogens (tertiary/aromatic N) is 1. The van der Waals surface area contributed by atoms with Gasteiger partial charge in [0.05, 0.1) is 17.3 Å². The summed E-state index contributed by atoms with van der Waals surface area (Å²) in [5, 5.41) is 0.781. The fourth-order valence-corrected chi connectivity index (χ4v) is 2.44. The van der Waals surface area contributed by atoms with Crippen molar-refractivity contribution in [3.05, 3.63) is 28.8 Å². The van der Waals surface area contributed by atoms with Crippen LogP contribution in [0.3, 0.4) is 0 Å². The third kappa shape index (κ3) is 5.01. The quantitative estimate of drug-likeness (QED) is 0.836. The van der Waals surface area contributed by atoms with Gasteiger partial charge in [-0.25, -0.2) is 0 Å². The van der Waals surface area contributed by atoms with E-state index in [1.54, 1.807) is 7.11 Å². The van der Waals surface area contributed by atoms with Crippen LogP contribution in [0.2, 0.25) is 5.02 Å². The summed E-state index contributed by atoms with van der Waals surface area (Å²) < 4.78 is 5.16. The lowest BCUT2D eigenvalue weighted by Gasteiger charge is -2.30. The molecule has 0 aliphatic rings. The lowest BCUT2D eigenvalue weighted by Crippen LogP contribution is -2.34. The topological polar surface area (TPSA) is 38.5 Å². The fourth-order valence-electron chi connectivity index (χ4n) is 2.13. The summed E-state index contributed by atoms with van der Waals surface area (Å²) in [5.74, 6) is 0. The van der Waals surface area contributed by atoms with Gasteiger partial charge in [0.25, 0.3) is 0 Å². The monoisotopic (exact) mass is 284 g/mol. The zero-order valence-corrected chi connectivity index (χ0v) is 13.1. The van der Waals surface area contributed by atoms with Gasteiger partial charge < -0.3 is 15.4 Å². The largest absolute Gasteiger partial charge is 0.383 e. The van der Waals surface area contributed by atoms with Crippen molar-refractivity contribution in [2.75, 3.05) is 25.2 Å². The molecule has 0 saturated carbocycles. The third-order valence-electron chi connectivity index (χ3n) is 3.04. The maximum Gasteiger partial charge on any atom is 0.0642 e. The zero-order valence-electron chi connectivity index (χ0n) is 12.3. The first kappa shape index (κ1) is 16.3. The number of rotatable bonds is 7. The van der Waals surface area contributed by atoms with E-state index in [-0.39, 0.29) is 6.04 Å². The van der Waals surface area contributed by atoms with Gasteiger partial charge in [0.1, 0.15) is 0 Å². The van der Waals surface area contributed by atoms with Crippen LogP contribution in [0.4, 0.5) is 5.69 Å². The van der Waals surface area contributed by atoms with Crippen LogP contribution in [0.5, 0.6) is 0 Å². The minimum atomic E-state index is 0.150. The van der Waals surface area contributed by atoms with Crippen LogP contribution in [0, 0.1) is 0 Å². The van der Waals surface area contributed by atoms with Crippen molar-refractivity contribution in [2.45, 2.75) is 39.3 Å². The second-order valence-electron chi connectivity index (χ2n) is 5.25. The molecule has 0 aromatic heterocycles. The molecule has 0 radical (unpaired) electrons. The van der Waals surface area contributed by atoms with Gasteiger partial charge in [-0.05, 0) is 44.9 Å². The molecule has 1 aromatic carbocycles. The number of methoxy groups -OCH3 is 1. The lowest BCUT2D eigenvalue weighted by atomic mass is 10.1. The van der Waals surface area contributed by atoms with Gasteiger partial charge in [-0.15, -0.1) is 0 Å². The van der Waals surface area contributed by atoms with Gasteiger partial charge in [0.2, 0.25) is 0 Å². The molecule has 0 amide bonds. The predicted octanol–water partition coefficient (Wildman–Crippen LogP) is 3.09. The molecule has 0 aliphatic carbocycles. The predicted molar refractivity (Wildman–Crippen MR) is 83.2 cm³/mol. The number of benzene rings is 1. The van der Waals surface area contributed by atoms with Crippen LogP contribution in [-0.2, 0) is 11.2 Å². The Morgan fingerprint density at radius 3 is 2.47 bits per heavy atom. The third-order valence-corrected chi connectivity index (χ3v) is 3.34. The van der Waals surface area contributed by atoms with Crippen molar-refractivity contribution in [2.24, 2.45) is 5.73 Å². The van der Waals surface area contributed by atoms with Crippen molar-refractivity contribution in [1.82, 2.24) is 0 Å². The van der Waals surface area contributed by atoms with E-state index in [0.717, 1.165) is 23.7 Å². The molecular formula is C15H25ClN2O.